The molecule has 0 aromatic carbocycles. The average molecular weight is 1120 g/mol. The number of carboxylic acid groups (broad SMARTS) is 3. The van der Waals surface area contributed by atoms with Crippen molar-refractivity contribution in [3.05, 3.63) is 0 Å². The van der Waals surface area contributed by atoms with Gasteiger partial charge in [-0.25, -0.2) is 0 Å². The summed E-state index contributed by atoms with van der Waals surface area (Å²) in [5, 5.41) is 25.9. The molecule has 0 aliphatic carbocycles. The molecule has 0 aliphatic rings. The van der Waals surface area contributed by atoms with Crippen LogP contribution in [0.25, 0.3) is 0 Å². The Balaban J connectivity index is -0.000000508. The fourth-order valence-electron chi connectivity index (χ4n) is 9.98. The van der Waals surface area contributed by atoms with Gasteiger partial charge in [0, 0.05) is 19.6 Å². The molecule has 0 bridgehead atoms. The number of rotatable bonds is 60. The van der Waals surface area contributed by atoms with Crippen LogP contribution in [0.15, 0.2) is 0 Å². The molecule has 0 rings (SSSR count). The number of nitrogens with zero attached hydrogens (tertiary/aromatic N) is 3. The fourth-order valence-corrected chi connectivity index (χ4v) is 9.98. The zero-order valence-corrected chi connectivity index (χ0v) is 53.4. The topological polar surface area (TPSA) is 122 Å². The molecule has 0 saturated heterocycles. The first-order chi connectivity index (χ1) is 36.5. The molecule has 0 amide bonds. The zero-order valence-electron chi connectivity index (χ0n) is 52.1. The van der Waals surface area contributed by atoms with Crippen LogP contribution in [-0.4, -0.2) is 108 Å². The molecule has 454 valence electrons. The second-order valence-electron chi connectivity index (χ2n) is 23.3. The van der Waals surface area contributed by atoms with Gasteiger partial charge in [0.1, 0.15) is 0 Å². The third-order valence-electron chi connectivity index (χ3n) is 15.3. The van der Waals surface area contributed by atoms with Crippen LogP contribution in [0.5, 0.6) is 0 Å². The Labute approximate surface area is 485 Å². The van der Waals surface area contributed by atoms with Gasteiger partial charge in [-0.2, -0.15) is 0 Å². The summed E-state index contributed by atoms with van der Waals surface area (Å²) in [5.74, 6) is -2.09. The molecule has 10 heteroatoms. The molecule has 0 aromatic rings. The molecule has 0 aliphatic heterocycles. The Kier molecular flexibility index (Phi) is 76.8. The average Bonchev–Trinajstić information content (AvgIpc) is 3.39. The van der Waals surface area contributed by atoms with Crippen molar-refractivity contribution in [2.45, 2.75) is 348 Å². The van der Waals surface area contributed by atoms with Crippen LogP contribution >= 0.6 is 0 Å². The van der Waals surface area contributed by atoms with Gasteiger partial charge in [0.05, 0.1) is 19.3 Å². The minimum absolute atomic E-state index is 0. The van der Waals surface area contributed by atoms with Crippen molar-refractivity contribution < 1.29 is 47.1 Å². The molecular formula is C66H135CrN3O6+2. The van der Waals surface area contributed by atoms with Gasteiger partial charge >= 0.3 is 35.3 Å². The predicted molar refractivity (Wildman–Crippen MR) is 328 cm³/mol. The Morgan fingerprint density at radius 1 is 0.224 bits per heavy atom. The van der Waals surface area contributed by atoms with Gasteiger partial charge in [-0.3, -0.25) is 14.4 Å². The third-order valence-corrected chi connectivity index (χ3v) is 15.3. The summed E-state index contributed by atoms with van der Waals surface area (Å²) in [4.78, 5) is 37.9. The van der Waals surface area contributed by atoms with Crippen LogP contribution in [-0.2, 0) is 31.7 Å². The van der Waals surface area contributed by atoms with Crippen LogP contribution in [0.4, 0.5) is 0 Å². The number of carbonyl (C=O) groups is 3. The molecule has 0 fully saturated rings. The second kappa shape index (κ2) is 71.8. The minimum Gasteiger partial charge on any atom is -0.481 e. The zero-order chi connectivity index (χ0) is 55.8. The van der Waals surface area contributed by atoms with E-state index in [0.29, 0.717) is 19.6 Å². The van der Waals surface area contributed by atoms with E-state index in [-0.39, 0.29) is 36.6 Å². The summed E-state index contributed by atoms with van der Waals surface area (Å²) in [5.41, 5.74) is 0. The molecular weight excluding hydrogens is 983 g/mol. The van der Waals surface area contributed by atoms with Gasteiger partial charge in [0.25, 0.3) is 0 Å². The molecule has 0 radical (unpaired) electrons. The second-order valence-corrected chi connectivity index (χ2v) is 23.3. The Hall–Kier alpha value is -1.18. The van der Waals surface area contributed by atoms with Gasteiger partial charge < -0.3 is 30.0 Å². The van der Waals surface area contributed by atoms with Crippen molar-refractivity contribution in [2.75, 3.05) is 60.4 Å². The van der Waals surface area contributed by atoms with Crippen LogP contribution in [0.2, 0.25) is 0 Å². The van der Waals surface area contributed by atoms with E-state index in [0.717, 1.165) is 19.6 Å². The van der Waals surface area contributed by atoms with Gasteiger partial charge in [-0.05, 0) is 60.0 Å². The molecule has 3 N–H and O–H groups in total. The number of carboxylic acids is 3. The Morgan fingerprint density at radius 2 is 0.342 bits per heavy atom. The van der Waals surface area contributed by atoms with Crippen molar-refractivity contribution in [3.8, 4) is 0 Å². The van der Waals surface area contributed by atoms with Crippen LogP contribution < -0.4 is 0 Å². The molecule has 0 aromatic heterocycles. The summed E-state index contributed by atoms with van der Waals surface area (Å²) in [6.07, 6.45) is 67.7. The quantitative estimate of drug-likeness (QED) is 0.0511. The maximum atomic E-state index is 10.5. The van der Waals surface area contributed by atoms with Gasteiger partial charge in [-0.15, -0.1) is 0 Å². The maximum absolute atomic E-state index is 10.5. The van der Waals surface area contributed by atoms with Crippen molar-refractivity contribution in [1.29, 1.82) is 0 Å². The van der Waals surface area contributed by atoms with Crippen molar-refractivity contribution in [3.63, 3.8) is 0 Å². The van der Waals surface area contributed by atoms with Crippen LogP contribution in [0.3, 0.4) is 0 Å². The van der Waals surface area contributed by atoms with Crippen molar-refractivity contribution in [1.82, 2.24) is 14.7 Å². The first kappa shape index (κ1) is 81.3. The normalized spacial score (nSPS) is 11.2. The monoisotopic (exact) mass is 1120 g/mol. The van der Waals surface area contributed by atoms with E-state index in [9.17, 15) is 14.4 Å². The largest absolute Gasteiger partial charge is 2.00 e. The summed E-state index contributed by atoms with van der Waals surface area (Å²) in [6.45, 7) is 12.0. The van der Waals surface area contributed by atoms with Crippen LogP contribution in [0, 0.1) is 0 Å². The maximum Gasteiger partial charge on any atom is 2.00 e. The molecule has 76 heavy (non-hydrogen) atoms. The molecule has 0 saturated carbocycles. The van der Waals surface area contributed by atoms with Gasteiger partial charge in [0.2, 0.25) is 0 Å². The Morgan fingerprint density at radius 3 is 0.461 bits per heavy atom. The van der Waals surface area contributed by atoms with Gasteiger partial charge in [-0.1, -0.05) is 310 Å². The van der Waals surface area contributed by atoms with Gasteiger partial charge in [0.15, 0.2) is 0 Å². The number of hydrogen-bond donors (Lipinski definition) is 3. The van der Waals surface area contributed by atoms with Crippen molar-refractivity contribution in [2.24, 2.45) is 0 Å². The summed E-state index contributed by atoms with van der Waals surface area (Å²) in [6, 6.07) is 0. The first-order valence-corrected chi connectivity index (χ1v) is 33.2. The summed E-state index contributed by atoms with van der Waals surface area (Å²) >= 11 is 0. The number of unbranched alkanes of at least 4 members (excludes halogenated alkanes) is 45. The Bertz CT molecular complexity index is 984. The molecule has 0 spiro atoms. The first-order valence-electron chi connectivity index (χ1n) is 33.2. The van der Waals surface area contributed by atoms with E-state index >= 15 is 0 Å². The number of hydrogen-bond acceptors (Lipinski definition) is 6. The molecule has 0 atom stereocenters. The van der Waals surface area contributed by atoms with E-state index in [2.05, 4.69) is 35.5 Å². The van der Waals surface area contributed by atoms with E-state index in [1.807, 2.05) is 21.1 Å². The summed E-state index contributed by atoms with van der Waals surface area (Å²) < 4.78 is 0. The molecule has 0 unspecified atom stereocenters. The van der Waals surface area contributed by atoms with E-state index < -0.39 is 17.9 Å². The minimum atomic E-state index is -0.696. The summed E-state index contributed by atoms with van der Waals surface area (Å²) in [7, 11) is 6.07. The molecule has 0 heterocycles. The fraction of sp³-hybridized carbons (Fsp3) is 0.955. The SMILES string of the molecule is CCCCCCCCCCCCCCCCCCN(C)CCC(=O)O.CCCCCCCCCCCCCCCCCCN(C)CCC(=O)O.CCCCCCCCCCCCCCCCCCN(C)CCC(=O)O.[Cr+2]. The third kappa shape index (κ3) is 81.7. The van der Waals surface area contributed by atoms with E-state index in [1.165, 1.54) is 308 Å². The smallest absolute Gasteiger partial charge is 0.481 e. The standard InChI is InChI=1S/3C22H45NO2.Cr/c3*1-3-4-5-6-7-8-9-10-11-12-13-14-15-16-17-18-20-23(2)21-19-22(24)25;/h3*3-21H2,1-2H3,(H,24,25);/q;;;+2. The number of aliphatic carboxylic acids is 3. The van der Waals surface area contributed by atoms with E-state index in [1.54, 1.807) is 0 Å². The van der Waals surface area contributed by atoms with E-state index in [4.69, 9.17) is 15.3 Å². The van der Waals surface area contributed by atoms with Crippen molar-refractivity contribution >= 4 is 17.9 Å². The van der Waals surface area contributed by atoms with Crippen LogP contribution in [0.1, 0.15) is 348 Å². The molecule has 9 nitrogen and oxygen atoms in total. The predicted octanol–water partition coefficient (Wildman–Crippen LogP) is 20.0.